The van der Waals surface area contributed by atoms with Crippen molar-refractivity contribution in [1.29, 1.82) is 0 Å². The minimum Gasteiger partial charge on any atom is -0.508 e. The van der Waals surface area contributed by atoms with Crippen molar-refractivity contribution in [2.45, 2.75) is 0 Å². The number of aromatic nitrogens is 1. The van der Waals surface area contributed by atoms with Crippen molar-refractivity contribution in [3.8, 4) is 16.9 Å². The Kier molecular flexibility index (Phi) is 4.34. The maximum absolute atomic E-state index is 11.2. The molecule has 2 heterocycles. The van der Waals surface area contributed by atoms with E-state index in [1.165, 1.54) is 6.07 Å². The number of rotatable bonds is 4. The third-order valence-corrected chi connectivity index (χ3v) is 5.61. The highest BCUT2D eigenvalue weighted by Gasteiger charge is 2.40. The molecule has 3 aromatic carbocycles. The van der Waals surface area contributed by atoms with Gasteiger partial charge in [-0.2, -0.15) is 4.48 Å². The monoisotopic (exact) mass is 408 g/mol. The normalized spacial score (nSPS) is 16.8. The lowest BCUT2D eigenvalue weighted by Crippen LogP contribution is -2.30. The molecule has 0 bridgehead atoms. The number of phenols is 1. The van der Waals surface area contributed by atoms with E-state index < -0.39 is 0 Å². The fraction of sp³-hybridized carbons (Fsp3) is 0. The van der Waals surface area contributed by atoms with Crippen LogP contribution in [0.4, 0.5) is 22.7 Å². The van der Waals surface area contributed by atoms with Crippen LogP contribution in [-0.2, 0) is 0 Å². The van der Waals surface area contributed by atoms with Crippen LogP contribution in [-0.4, -0.2) is 15.0 Å². The van der Waals surface area contributed by atoms with Crippen LogP contribution < -0.4 is 4.48 Å². The molecule has 0 fully saturated rings. The highest BCUT2D eigenvalue weighted by atomic mass is 16.6. The van der Waals surface area contributed by atoms with Crippen LogP contribution >= 0.6 is 0 Å². The molecule has 0 saturated carbocycles. The molecule has 0 spiro atoms. The number of benzene rings is 3. The summed E-state index contributed by atoms with van der Waals surface area (Å²) in [6, 6.07) is 23.8. The number of hydrogen-bond acceptors (Lipinski definition) is 4. The summed E-state index contributed by atoms with van der Waals surface area (Å²) in [5, 5.41) is 21.1. The van der Waals surface area contributed by atoms with Gasteiger partial charge in [0.2, 0.25) is 0 Å². The summed E-state index contributed by atoms with van der Waals surface area (Å²) < 4.78 is 0.320. The van der Waals surface area contributed by atoms with Crippen LogP contribution in [0, 0.1) is 10.1 Å². The summed E-state index contributed by atoms with van der Waals surface area (Å²) in [6.45, 7) is 0. The molecule has 4 aromatic rings. The van der Waals surface area contributed by atoms with E-state index in [0.717, 1.165) is 33.8 Å². The molecular weight excluding hydrogens is 390 g/mol. The molecule has 1 aromatic heterocycles. The van der Waals surface area contributed by atoms with Crippen LogP contribution in [0.25, 0.3) is 17.2 Å². The zero-order valence-corrected chi connectivity index (χ0v) is 16.4. The maximum atomic E-state index is 11.2. The van der Waals surface area contributed by atoms with Gasteiger partial charge in [-0.05, 0) is 29.3 Å². The largest absolute Gasteiger partial charge is 0.508 e. The number of phenolic OH excluding ortho intramolecular Hbond substituents is 1. The van der Waals surface area contributed by atoms with E-state index in [0.29, 0.717) is 4.48 Å². The molecule has 0 amide bonds. The lowest BCUT2D eigenvalue weighted by Gasteiger charge is -2.31. The Labute approximate surface area is 178 Å². The van der Waals surface area contributed by atoms with Gasteiger partial charge < -0.3 is 5.11 Å². The van der Waals surface area contributed by atoms with Crippen LogP contribution in [0.2, 0.25) is 0 Å². The lowest BCUT2D eigenvalue weighted by atomic mass is 10.0. The van der Waals surface area contributed by atoms with Crippen molar-refractivity contribution in [3.05, 3.63) is 113 Å². The minimum absolute atomic E-state index is 0.0598. The highest BCUT2D eigenvalue weighted by Crippen LogP contribution is 2.51. The van der Waals surface area contributed by atoms with Gasteiger partial charge in [0.15, 0.2) is 11.4 Å². The molecule has 6 heteroatoms. The van der Waals surface area contributed by atoms with Crippen LogP contribution in [0.3, 0.4) is 0 Å². The SMILES string of the molecule is O=[N+]([O-])c1cccc(-c2ccc3c(c2)[N+](c2ccncc2)(c2ccc(O)cc2)C=C3)c1. The summed E-state index contributed by atoms with van der Waals surface area (Å²) in [5.74, 6) is 0.199. The Bertz CT molecular complexity index is 1320. The lowest BCUT2D eigenvalue weighted by molar-refractivity contribution is -0.384. The summed E-state index contributed by atoms with van der Waals surface area (Å²) in [6.07, 6.45) is 7.68. The van der Waals surface area contributed by atoms with Crippen molar-refractivity contribution < 1.29 is 10.0 Å². The minimum atomic E-state index is -0.383. The van der Waals surface area contributed by atoms with Crippen molar-refractivity contribution >= 4 is 28.8 Å². The maximum Gasteiger partial charge on any atom is 0.270 e. The highest BCUT2D eigenvalue weighted by molar-refractivity contribution is 5.88. The van der Waals surface area contributed by atoms with Gasteiger partial charge in [0.25, 0.3) is 5.69 Å². The molecule has 0 radical (unpaired) electrons. The number of fused-ring (bicyclic) bond motifs is 1. The predicted molar refractivity (Wildman–Crippen MR) is 121 cm³/mol. The van der Waals surface area contributed by atoms with Crippen molar-refractivity contribution in [2.75, 3.05) is 0 Å². The van der Waals surface area contributed by atoms with Crippen LogP contribution in [0.1, 0.15) is 5.56 Å². The van der Waals surface area contributed by atoms with E-state index in [4.69, 9.17) is 0 Å². The number of nitrogens with zero attached hydrogens (tertiary/aromatic N) is 3. The average Bonchev–Trinajstić information content (AvgIpc) is 3.20. The average molecular weight is 408 g/mol. The molecule has 5 rings (SSSR count). The first-order valence-corrected chi connectivity index (χ1v) is 9.75. The van der Waals surface area contributed by atoms with E-state index >= 15 is 0 Å². The van der Waals surface area contributed by atoms with Crippen LogP contribution in [0.15, 0.2) is 97.5 Å². The first kappa shape index (κ1) is 18.7. The van der Waals surface area contributed by atoms with Gasteiger partial charge in [0.1, 0.15) is 17.6 Å². The molecule has 6 nitrogen and oxygen atoms in total. The number of nitro groups is 1. The van der Waals surface area contributed by atoms with E-state index in [2.05, 4.69) is 23.3 Å². The molecule has 150 valence electrons. The van der Waals surface area contributed by atoms with Crippen molar-refractivity contribution in [3.63, 3.8) is 0 Å². The van der Waals surface area contributed by atoms with Crippen LogP contribution in [0.5, 0.6) is 5.75 Å². The molecule has 0 aliphatic carbocycles. The Morgan fingerprint density at radius 2 is 1.55 bits per heavy atom. The number of aromatic hydroxyl groups is 1. The topological polar surface area (TPSA) is 76.3 Å². The molecule has 1 N–H and O–H groups in total. The number of quaternary nitrogens is 1. The number of nitro benzene ring substituents is 1. The second-order valence-corrected chi connectivity index (χ2v) is 7.34. The Morgan fingerprint density at radius 3 is 2.29 bits per heavy atom. The number of pyridine rings is 1. The molecular formula is C25H18N3O3+. The number of hydrogen-bond donors (Lipinski definition) is 1. The standard InChI is InChI=1S/C25H17N3O3/c29-24-8-6-22(7-9-24)28(23-10-13-26-14-11-23)15-12-18-4-5-20(17-25(18)28)19-2-1-3-21(16-19)27(30)31/h1-17H/p+1. The number of non-ortho nitro benzene ring substituents is 1. The molecule has 1 atom stereocenters. The smallest absolute Gasteiger partial charge is 0.270 e. The van der Waals surface area contributed by atoms with E-state index in [1.807, 2.05) is 42.5 Å². The van der Waals surface area contributed by atoms with Gasteiger partial charge in [-0.25, -0.2) is 0 Å². The van der Waals surface area contributed by atoms with Gasteiger partial charge in [-0.15, -0.1) is 0 Å². The first-order chi connectivity index (χ1) is 15.1. The van der Waals surface area contributed by atoms with Crippen molar-refractivity contribution in [1.82, 2.24) is 9.47 Å². The van der Waals surface area contributed by atoms with E-state index in [-0.39, 0.29) is 16.4 Å². The fourth-order valence-electron chi connectivity index (χ4n) is 4.11. The zero-order chi connectivity index (χ0) is 21.4. The summed E-state index contributed by atoms with van der Waals surface area (Å²) in [7, 11) is 0. The van der Waals surface area contributed by atoms with E-state index in [1.54, 1.807) is 36.7 Å². The molecule has 1 aliphatic rings. The quantitative estimate of drug-likeness (QED) is 0.244. The van der Waals surface area contributed by atoms with Gasteiger partial charge in [-0.3, -0.25) is 15.1 Å². The van der Waals surface area contributed by atoms with Gasteiger partial charge in [-0.1, -0.05) is 18.2 Å². The summed E-state index contributed by atoms with van der Waals surface area (Å²) in [4.78, 5) is 15.0. The molecule has 31 heavy (non-hydrogen) atoms. The third-order valence-electron chi connectivity index (χ3n) is 5.61. The first-order valence-electron chi connectivity index (χ1n) is 9.75. The second kappa shape index (κ2) is 7.19. The third kappa shape index (κ3) is 3.06. The van der Waals surface area contributed by atoms with E-state index in [9.17, 15) is 15.2 Å². The summed E-state index contributed by atoms with van der Waals surface area (Å²) in [5.41, 5.74) is 5.75. The molecule has 1 unspecified atom stereocenters. The summed E-state index contributed by atoms with van der Waals surface area (Å²) >= 11 is 0. The fourth-order valence-corrected chi connectivity index (χ4v) is 4.11. The second-order valence-electron chi connectivity index (χ2n) is 7.34. The molecule has 1 aliphatic heterocycles. The molecule has 0 saturated heterocycles. The van der Waals surface area contributed by atoms with Crippen molar-refractivity contribution in [2.24, 2.45) is 0 Å². The predicted octanol–water partition coefficient (Wildman–Crippen LogP) is 6.32. The zero-order valence-electron chi connectivity index (χ0n) is 16.4. The van der Waals surface area contributed by atoms with Gasteiger partial charge >= 0.3 is 0 Å². The van der Waals surface area contributed by atoms with Gasteiger partial charge in [0.05, 0.1) is 4.92 Å². The Balaban J connectivity index is 1.73. The Hall–Kier alpha value is -4.29. The Morgan fingerprint density at radius 1 is 0.839 bits per heavy atom. The van der Waals surface area contributed by atoms with Gasteiger partial charge in [0, 0.05) is 66.5 Å².